The first kappa shape index (κ1) is 22.6. The van der Waals surface area contributed by atoms with Crippen LogP contribution in [0.4, 0.5) is 13.2 Å². The molecule has 3 aliphatic heterocycles. The third kappa shape index (κ3) is 4.35. The Morgan fingerprint density at radius 2 is 1.93 bits per heavy atom. The van der Waals surface area contributed by atoms with Crippen molar-refractivity contribution in [1.29, 1.82) is 0 Å². The zero-order valence-electron chi connectivity index (χ0n) is 16.1. The smallest absolute Gasteiger partial charge is 0.475 e. The highest BCUT2D eigenvalue weighted by Crippen LogP contribution is 2.45. The second-order valence-electron chi connectivity index (χ2n) is 7.46. The van der Waals surface area contributed by atoms with E-state index in [2.05, 4.69) is 4.90 Å². The minimum absolute atomic E-state index is 0.116. The molecule has 1 N–H and O–H groups in total. The average Bonchev–Trinajstić information content (AvgIpc) is 3.18. The molecular weight excluding hydrogens is 431 g/mol. The number of rotatable bonds is 4. The molecular formula is C18H22F3NO7S. The van der Waals surface area contributed by atoms with E-state index in [1.54, 1.807) is 7.11 Å². The predicted molar refractivity (Wildman–Crippen MR) is 98.0 cm³/mol. The number of sulfone groups is 1. The third-order valence-corrected chi connectivity index (χ3v) is 8.14. The summed E-state index contributed by atoms with van der Waals surface area (Å²) in [6, 6.07) is 5.89. The van der Waals surface area contributed by atoms with Gasteiger partial charge in [-0.1, -0.05) is 6.07 Å². The fourth-order valence-corrected chi connectivity index (χ4v) is 6.48. The molecule has 0 saturated carbocycles. The lowest BCUT2D eigenvalue weighted by molar-refractivity contribution is -0.192. The standard InChI is InChI=1S/C16H21NO5S.C2HF3O2/c1-20-8-13-4-5-23(18,19)16(13)9-17(10-16)7-12-2-3-14-15(6-12)22-11-21-14;3-2(4,5)1(6)7/h2-3,6,13H,4-5,7-11H2,1H3;(H,6,7). The number of halogens is 3. The van der Waals surface area contributed by atoms with Gasteiger partial charge in [0.15, 0.2) is 21.3 Å². The van der Waals surface area contributed by atoms with Crippen molar-refractivity contribution < 1.29 is 45.7 Å². The summed E-state index contributed by atoms with van der Waals surface area (Å²) in [6.45, 7) is 2.71. The first-order chi connectivity index (χ1) is 14.0. The number of alkyl halides is 3. The van der Waals surface area contributed by atoms with Gasteiger partial charge < -0.3 is 19.3 Å². The molecule has 1 spiro atoms. The topological polar surface area (TPSA) is 102 Å². The summed E-state index contributed by atoms with van der Waals surface area (Å²) in [7, 11) is -1.38. The Morgan fingerprint density at radius 1 is 1.30 bits per heavy atom. The van der Waals surface area contributed by atoms with Crippen molar-refractivity contribution in [3.63, 3.8) is 0 Å². The highest BCUT2D eigenvalue weighted by atomic mass is 32.2. The van der Waals surface area contributed by atoms with Crippen molar-refractivity contribution >= 4 is 15.8 Å². The van der Waals surface area contributed by atoms with Gasteiger partial charge in [0.2, 0.25) is 6.79 Å². The minimum atomic E-state index is -5.08. The molecule has 2 saturated heterocycles. The molecule has 1 atom stereocenters. The maximum atomic E-state index is 12.5. The van der Waals surface area contributed by atoms with Gasteiger partial charge in [-0.3, -0.25) is 4.90 Å². The summed E-state index contributed by atoms with van der Waals surface area (Å²) in [4.78, 5) is 11.1. The molecule has 0 bridgehead atoms. The van der Waals surface area contributed by atoms with Crippen LogP contribution in [0.3, 0.4) is 0 Å². The van der Waals surface area contributed by atoms with Crippen molar-refractivity contribution in [1.82, 2.24) is 4.90 Å². The van der Waals surface area contributed by atoms with E-state index in [0.717, 1.165) is 23.6 Å². The van der Waals surface area contributed by atoms with E-state index >= 15 is 0 Å². The van der Waals surface area contributed by atoms with Gasteiger partial charge in [0.05, 0.1) is 12.4 Å². The number of methoxy groups -OCH3 is 1. The molecule has 3 aliphatic rings. The monoisotopic (exact) mass is 453 g/mol. The summed E-state index contributed by atoms with van der Waals surface area (Å²) in [6.07, 6.45) is -4.37. The fraction of sp³-hybridized carbons (Fsp3) is 0.611. The van der Waals surface area contributed by atoms with Crippen LogP contribution in [0.15, 0.2) is 18.2 Å². The maximum absolute atomic E-state index is 12.5. The van der Waals surface area contributed by atoms with Crippen molar-refractivity contribution in [2.45, 2.75) is 23.9 Å². The molecule has 168 valence electrons. The molecule has 0 aliphatic carbocycles. The number of fused-ring (bicyclic) bond motifs is 1. The van der Waals surface area contributed by atoms with E-state index < -0.39 is 26.7 Å². The Labute approximate surface area is 171 Å². The van der Waals surface area contributed by atoms with Crippen LogP contribution in [0.2, 0.25) is 0 Å². The normalized spacial score (nSPS) is 23.5. The maximum Gasteiger partial charge on any atom is 0.490 e. The Morgan fingerprint density at radius 3 is 2.53 bits per heavy atom. The van der Waals surface area contributed by atoms with Gasteiger partial charge in [-0.25, -0.2) is 13.2 Å². The number of nitrogens with zero attached hydrogens (tertiary/aromatic N) is 1. The lowest BCUT2D eigenvalue weighted by atomic mass is 9.83. The highest BCUT2D eigenvalue weighted by molar-refractivity contribution is 7.93. The van der Waals surface area contributed by atoms with Gasteiger partial charge in [0, 0.05) is 32.7 Å². The Hall–Kier alpha value is -2.05. The van der Waals surface area contributed by atoms with E-state index in [-0.39, 0.29) is 12.7 Å². The number of benzene rings is 1. The quantitative estimate of drug-likeness (QED) is 0.735. The average molecular weight is 453 g/mol. The summed E-state index contributed by atoms with van der Waals surface area (Å²) < 4.78 is 72.1. The fourth-order valence-electron chi connectivity index (χ4n) is 4.03. The van der Waals surface area contributed by atoms with Gasteiger partial charge in [-0.05, 0) is 24.1 Å². The molecule has 1 aromatic carbocycles. The highest BCUT2D eigenvalue weighted by Gasteiger charge is 2.61. The van der Waals surface area contributed by atoms with Crippen molar-refractivity contribution in [3.8, 4) is 11.5 Å². The van der Waals surface area contributed by atoms with Gasteiger partial charge in [-0.15, -0.1) is 0 Å². The van der Waals surface area contributed by atoms with Crippen LogP contribution in [0, 0.1) is 5.92 Å². The van der Waals surface area contributed by atoms with Crippen LogP contribution in [0.5, 0.6) is 11.5 Å². The van der Waals surface area contributed by atoms with Crippen LogP contribution in [-0.4, -0.2) is 74.7 Å². The lowest BCUT2D eigenvalue weighted by Gasteiger charge is -2.50. The number of ether oxygens (including phenoxy) is 3. The van der Waals surface area contributed by atoms with E-state index in [1.165, 1.54) is 0 Å². The lowest BCUT2D eigenvalue weighted by Crippen LogP contribution is -2.67. The van der Waals surface area contributed by atoms with Crippen LogP contribution in [0.25, 0.3) is 0 Å². The molecule has 0 radical (unpaired) electrons. The zero-order chi connectivity index (χ0) is 22.2. The number of hydrogen-bond donors (Lipinski definition) is 1. The summed E-state index contributed by atoms with van der Waals surface area (Å²) in [5.74, 6) is -0.812. The summed E-state index contributed by atoms with van der Waals surface area (Å²) in [5, 5.41) is 7.12. The van der Waals surface area contributed by atoms with Crippen LogP contribution in [-0.2, 0) is 25.9 Å². The van der Waals surface area contributed by atoms with E-state index in [1.807, 2.05) is 18.2 Å². The Bertz CT molecular complexity index is 898. The Kier molecular flexibility index (Phi) is 6.21. The molecule has 2 fully saturated rings. The number of carboxylic acid groups (broad SMARTS) is 1. The van der Waals surface area contributed by atoms with Crippen LogP contribution < -0.4 is 9.47 Å². The van der Waals surface area contributed by atoms with Crippen molar-refractivity contribution in [3.05, 3.63) is 23.8 Å². The number of hydrogen-bond acceptors (Lipinski definition) is 7. The van der Waals surface area contributed by atoms with E-state index in [0.29, 0.717) is 31.9 Å². The molecule has 1 aromatic rings. The SMILES string of the molecule is COCC1CCS(=O)(=O)C12CN(Cc1ccc3c(c1)OCO3)C2.O=C(O)C(F)(F)F. The third-order valence-electron chi connectivity index (χ3n) is 5.53. The second-order valence-corrected chi connectivity index (χ2v) is 9.91. The minimum Gasteiger partial charge on any atom is -0.475 e. The molecule has 8 nitrogen and oxygen atoms in total. The second kappa shape index (κ2) is 8.23. The first-order valence-electron chi connectivity index (χ1n) is 9.11. The Balaban J connectivity index is 0.000000318. The summed E-state index contributed by atoms with van der Waals surface area (Å²) >= 11 is 0. The number of carboxylic acids is 1. The molecule has 30 heavy (non-hydrogen) atoms. The molecule has 3 heterocycles. The first-order valence-corrected chi connectivity index (χ1v) is 10.8. The van der Waals surface area contributed by atoms with Gasteiger partial charge in [0.25, 0.3) is 0 Å². The zero-order valence-corrected chi connectivity index (χ0v) is 17.0. The molecule has 12 heteroatoms. The molecule has 0 amide bonds. The number of carbonyl (C=O) groups is 1. The van der Waals surface area contributed by atoms with Gasteiger partial charge in [0.1, 0.15) is 4.75 Å². The van der Waals surface area contributed by atoms with Crippen LogP contribution in [0.1, 0.15) is 12.0 Å². The van der Waals surface area contributed by atoms with Crippen molar-refractivity contribution in [2.24, 2.45) is 5.92 Å². The van der Waals surface area contributed by atoms with E-state index in [9.17, 15) is 21.6 Å². The molecule has 4 rings (SSSR count). The predicted octanol–water partition coefficient (Wildman–Crippen LogP) is 1.68. The van der Waals surface area contributed by atoms with Gasteiger partial charge in [-0.2, -0.15) is 13.2 Å². The largest absolute Gasteiger partial charge is 0.490 e. The van der Waals surface area contributed by atoms with E-state index in [4.69, 9.17) is 24.1 Å². The molecule has 0 aromatic heterocycles. The number of aliphatic carboxylic acids is 1. The van der Waals surface area contributed by atoms with Crippen molar-refractivity contribution in [2.75, 3.05) is 39.4 Å². The number of likely N-dealkylation sites (tertiary alicyclic amines) is 1. The van der Waals surface area contributed by atoms with Crippen LogP contribution >= 0.6 is 0 Å². The molecule has 1 unspecified atom stereocenters. The van der Waals surface area contributed by atoms with Gasteiger partial charge >= 0.3 is 12.1 Å². The summed E-state index contributed by atoms with van der Waals surface area (Å²) in [5.41, 5.74) is 1.11.